The van der Waals surface area contributed by atoms with Crippen molar-refractivity contribution >= 4 is 11.4 Å². The van der Waals surface area contributed by atoms with E-state index in [0.29, 0.717) is 0 Å². The molecule has 0 atom stereocenters. The van der Waals surface area contributed by atoms with Gasteiger partial charge in [-0.05, 0) is 67.3 Å². The monoisotopic (exact) mass is 258 g/mol. The third kappa shape index (κ3) is 3.71. The van der Waals surface area contributed by atoms with Gasteiger partial charge < -0.3 is 11.1 Å². The molecule has 2 nitrogen and oxygen atoms in total. The molecule has 0 saturated heterocycles. The second-order valence-corrected chi connectivity index (χ2v) is 4.88. The molecule has 0 amide bonds. The number of nitrogen functional groups attached to an aromatic ring is 1. The lowest BCUT2D eigenvalue weighted by atomic mass is 10.1. The third-order valence-electron chi connectivity index (χ3n) is 3.13. The van der Waals surface area contributed by atoms with Gasteiger partial charge in [-0.2, -0.15) is 0 Å². The van der Waals surface area contributed by atoms with Crippen molar-refractivity contribution in [3.8, 4) is 0 Å². The fourth-order valence-electron chi connectivity index (χ4n) is 2.20. The minimum Gasteiger partial charge on any atom is -0.399 e. The van der Waals surface area contributed by atoms with Gasteiger partial charge in [0.1, 0.15) is 5.82 Å². The van der Waals surface area contributed by atoms with Gasteiger partial charge in [0.2, 0.25) is 0 Å². The molecule has 0 aliphatic carbocycles. The second-order valence-electron chi connectivity index (χ2n) is 4.88. The number of halogens is 1. The molecular formula is C16H19FN2. The van der Waals surface area contributed by atoms with Crippen LogP contribution < -0.4 is 11.1 Å². The molecule has 0 aromatic heterocycles. The fraction of sp³-hybridized carbons (Fsp3) is 0.250. The quantitative estimate of drug-likeness (QED) is 0.821. The Bertz CT molecular complexity index is 559. The summed E-state index contributed by atoms with van der Waals surface area (Å²) in [6, 6.07) is 10.8. The number of rotatable bonds is 4. The van der Waals surface area contributed by atoms with Crippen LogP contribution in [0.15, 0.2) is 36.4 Å². The zero-order valence-corrected chi connectivity index (χ0v) is 11.3. The van der Waals surface area contributed by atoms with Crippen molar-refractivity contribution < 1.29 is 4.39 Å². The number of hydrogen-bond acceptors (Lipinski definition) is 2. The Balaban J connectivity index is 1.96. The van der Waals surface area contributed by atoms with Crippen LogP contribution in [-0.2, 0) is 6.42 Å². The van der Waals surface area contributed by atoms with Gasteiger partial charge in [0.15, 0.2) is 0 Å². The van der Waals surface area contributed by atoms with Crippen LogP contribution in [0, 0.1) is 19.7 Å². The Kier molecular flexibility index (Phi) is 4.05. The predicted molar refractivity (Wildman–Crippen MR) is 78.9 cm³/mol. The zero-order chi connectivity index (χ0) is 13.8. The van der Waals surface area contributed by atoms with E-state index >= 15 is 0 Å². The topological polar surface area (TPSA) is 38.0 Å². The van der Waals surface area contributed by atoms with Crippen LogP contribution in [0.3, 0.4) is 0 Å². The maximum Gasteiger partial charge on any atom is 0.123 e. The molecular weight excluding hydrogens is 239 g/mol. The van der Waals surface area contributed by atoms with Crippen LogP contribution in [0.2, 0.25) is 0 Å². The molecule has 0 fully saturated rings. The van der Waals surface area contributed by atoms with Gasteiger partial charge >= 0.3 is 0 Å². The molecule has 2 aromatic carbocycles. The molecule has 0 unspecified atom stereocenters. The number of anilines is 2. The normalized spacial score (nSPS) is 10.5. The minimum atomic E-state index is -0.180. The first-order valence-corrected chi connectivity index (χ1v) is 6.40. The summed E-state index contributed by atoms with van der Waals surface area (Å²) >= 11 is 0. The van der Waals surface area contributed by atoms with Gasteiger partial charge in [-0.1, -0.05) is 6.07 Å². The first-order chi connectivity index (χ1) is 9.04. The molecule has 0 heterocycles. The van der Waals surface area contributed by atoms with Crippen molar-refractivity contribution in [3.05, 3.63) is 58.9 Å². The average molecular weight is 258 g/mol. The molecule has 2 rings (SSSR count). The SMILES string of the molecule is Cc1cc(N)cc(NCCc2ccc(F)cc2C)c1. The number of aryl methyl sites for hydroxylation is 2. The maximum absolute atomic E-state index is 13.0. The molecule has 19 heavy (non-hydrogen) atoms. The first-order valence-electron chi connectivity index (χ1n) is 6.40. The number of nitrogens with two attached hydrogens (primary N) is 1. The van der Waals surface area contributed by atoms with E-state index in [0.717, 1.165) is 41.0 Å². The highest BCUT2D eigenvalue weighted by Gasteiger charge is 2.01. The highest BCUT2D eigenvalue weighted by atomic mass is 19.1. The second kappa shape index (κ2) is 5.74. The molecule has 2 aromatic rings. The Labute approximate surface area is 113 Å². The molecule has 0 spiro atoms. The van der Waals surface area contributed by atoms with E-state index < -0.39 is 0 Å². The lowest BCUT2D eigenvalue weighted by Gasteiger charge is -2.10. The van der Waals surface area contributed by atoms with E-state index in [1.165, 1.54) is 6.07 Å². The molecule has 3 N–H and O–H groups in total. The lowest BCUT2D eigenvalue weighted by molar-refractivity contribution is 0.625. The summed E-state index contributed by atoms with van der Waals surface area (Å²) < 4.78 is 13.0. The van der Waals surface area contributed by atoms with Crippen LogP contribution in [0.5, 0.6) is 0 Å². The molecule has 3 heteroatoms. The van der Waals surface area contributed by atoms with Crippen LogP contribution in [-0.4, -0.2) is 6.54 Å². The molecule has 0 saturated carbocycles. The first kappa shape index (κ1) is 13.4. The summed E-state index contributed by atoms with van der Waals surface area (Å²) in [7, 11) is 0. The van der Waals surface area contributed by atoms with Crippen molar-refractivity contribution in [2.45, 2.75) is 20.3 Å². The summed E-state index contributed by atoms with van der Waals surface area (Å²) in [5.41, 5.74) is 10.9. The third-order valence-corrected chi connectivity index (χ3v) is 3.13. The van der Waals surface area contributed by atoms with Crippen molar-refractivity contribution in [1.82, 2.24) is 0 Å². The van der Waals surface area contributed by atoms with Gasteiger partial charge in [0, 0.05) is 17.9 Å². The maximum atomic E-state index is 13.0. The smallest absolute Gasteiger partial charge is 0.123 e. The standard InChI is InChI=1S/C16H19FN2/c1-11-7-15(18)10-16(8-11)19-6-5-13-3-4-14(17)9-12(13)2/h3-4,7-10,19H,5-6,18H2,1-2H3. The van der Waals surface area contributed by atoms with Crippen molar-refractivity contribution in [3.63, 3.8) is 0 Å². The molecule has 0 aliphatic heterocycles. The average Bonchev–Trinajstić information content (AvgIpc) is 2.30. The van der Waals surface area contributed by atoms with E-state index in [1.54, 1.807) is 6.07 Å². The zero-order valence-electron chi connectivity index (χ0n) is 11.3. The van der Waals surface area contributed by atoms with E-state index in [4.69, 9.17) is 5.73 Å². The van der Waals surface area contributed by atoms with Crippen LogP contribution >= 0.6 is 0 Å². The van der Waals surface area contributed by atoms with E-state index in [1.807, 2.05) is 32.0 Å². The van der Waals surface area contributed by atoms with Crippen molar-refractivity contribution in [1.29, 1.82) is 0 Å². The van der Waals surface area contributed by atoms with Crippen molar-refractivity contribution in [2.75, 3.05) is 17.6 Å². The van der Waals surface area contributed by atoms with E-state index in [2.05, 4.69) is 11.4 Å². The molecule has 0 radical (unpaired) electrons. The summed E-state index contributed by atoms with van der Waals surface area (Å²) in [6.07, 6.45) is 0.861. The minimum absolute atomic E-state index is 0.180. The highest BCUT2D eigenvalue weighted by molar-refractivity contribution is 5.56. The summed E-state index contributed by atoms with van der Waals surface area (Å²) in [6.45, 7) is 4.75. The Morgan fingerprint density at radius 2 is 1.89 bits per heavy atom. The van der Waals surface area contributed by atoms with Gasteiger partial charge in [0.25, 0.3) is 0 Å². The van der Waals surface area contributed by atoms with E-state index in [9.17, 15) is 4.39 Å². The Hall–Kier alpha value is -2.03. The Morgan fingerprint density at radius 1 is 1.11 bits per heavy atom. The number of benzene rings is 2. The van der Waals surface area contributed by atoms with Gasteiger partial charge in [-0.3, -0.25) is 0 Å². The van der Waals surface area contributed by atoms with Crippen LogP contribution in [0.25, 0.3) is 0 Å². The van der Waals surface area contributed by atoms with Crippen LogP contribution in [0.1, 0.15) is 16.7 Å². The Morgan fingerprint density at radius 3 is 2.58 bits per heavy atom. The molecule has 100 valence electrons. The summed E-state index contributed by atoms with van der Waals surface area (Å²) in [5.74, 6) is -0.180. The number of nitrogens with one attached hydrogen (secondary N) is 1. The fourth-order valence-corrected chi connectivity index (χ4v) is 2.20. The van der Waals surface area contributed by atoms with Crippen molar-refractivity contribution in [2.24, 2.45) is 0 Å². The summed E-state index contributed by atoms with van der Waals surface area (Å²) in [5, 5.41) is 3.34. The van der Waals surface area contributed by atoms with Gasteiger partial charge in [-0.15, -0.1) is 0 Å². The molecule has 0 aliphatic rings. The summed E-state index contributed by atoms with van der Waals surface area (Å²) in [4.78, 5) is 0. The van der Waals surface area contributed by atoms with Crippen LogP contribution in [0.4, 0.5) is 15.8 Å². The highest BCUT2D eigenvalue weighted by Crippen LogP contribution is 2.16. The largest absolute Gasteiger partial charge is 0.399 e. The predicted octanol–water partition coefficient (Wildman–Crippen LogP) is 3.68. The lowest BCUT2D eigenvalue weighted by Crippen LogP contribution is -2.06. The molecule has 0 bridgehead atoms. The van der Waals surface area contributed by atoms with Gasteiger partial charge in [-0.25, -0.2) is 4.39 Å². The number of hydrogen-bond donors (Lipinski definition) is 2. The van der Waals surface area contributed by atoms with E-state index in [-0.39, 0.29) is 5.82 Å². The van der Waals surface area contributed by atoms with Gasteiger partial charge in [0.05, 0.1) is 0 Å².